The molecule has 2 bridgehead atoms. The maximum absolute atomic E-state index is 11.0. The van der Waals surface area contributed by atoms with Crippen LogP contribution in [0.5, 0.6) is 0 Å². The fraction of sp³-hybridized carbons (Fsp3) is 0.500. The molecule has 1 aliphatic carbocycles. The highest BCUT2D eigenvalue weighted by molar-refractivity contribution is 6.33. The third-order valence-corrected chi connectivity index (χ3v) is 4.07. The lowest BCUT2D eigenvalue weighted by Gasteiger charge is -2.48. The summed E-state index contributed by atoms with van der Waals surface area (Å²) in [5.74, 6) is 1.40. The standard InChI is InChI=1S/C12H13ClN2O2/c13-10-2-1-3-11(15(16)17)12(10)14-6-8-4-9(5-8)7-14/h1-3,8-9H,4-7H2. The molecule has 2 saturated heterocycles. The van der Waals surface area contributed by atoms with Gasteiger partial charge in [0.05, 0.1) is 9.95 Å². The summed E-state index contributed by atoms with van der Waals surface area (Å²) in [5, 5.41) is 11.5. The molecule has 17 heavy (non-hydrogen) atoms. The molecule has 0 aromatic heterocycles. The van der Waals surface area contributed by atoms with E-state index in [1.807, 2.05) is 0 Å². The number of nitrogens with zero attached hydrogens (tertiary/aromatic N) is 2. The van der Waals surface area contributed by atoms with Crippen LogP contribution in [0.15, 0.2) is 18.2 Å². The van der Waals surface area contributed by atoms with Crippen molar-refractivity contribution in [1.82, 2.24) is 0 Å². The minimum Gasteiger partial charge on any atom is -0.364 e. The first kappa shape index (κ1) is 10.8. The molecule has 3 aliphatic rings. The van der Waals surface area contributed by atoms with E-state index in [4.69, 9.17) is 11.6 Å². The highest BCUT2D eigenvalue weighted by atomic mass is 35.5. The van der Waals surface area contributed by atoms with Crippen molar-refractivity contribution in [3.8, 4) is 0 Å². The number of fused-ring (bicyclic) bond motifs is 2. The van der Waals surface area contributed by atoms with Crippen molar-refractivity contribution in [2.75, 3.05) is 18.0 Å². The monoisotopic (exact) mass is 252 g/mol. The number of nitro groups is 1. The zero-order valence-corrected chi connectivity index (χ0v) is 10.1. The summed E-state index contributed by atoms with van der Waals surface area (Å²) < 4.78 is 0. The fourth-order valence-electron chi connectivity index (χ4n) is 3.02. The Bertz CT molecular complexity index is 462. The molecule has 0 N–H and O–H groups in total. The van der Waals surface area contributed by atoms with Gasteiger partial charge in [0.15, 0.2) is 0 Å². The first-order valence-electron chi connectivity index (χ1n) is 5.83. The van der Waals surface area contributed by atoms with E-state index in [0.717, 1.165) is 13.1 Å². The molecule has 4 nitrogen and oxygen atoms in total. The third-order valence-electron chi connectivity index (χ3n) is 3.77. The average molecular weight is 253 g/mol. The van der Waals surface area contributed by atoms with Crippen molar-refractivity contribution in [2.45, 2.75) is 12.8 Å². The zero-order valence-electron chi connectivity index (χ0n) is 9.30. The van der Waals surface area contributed by atoms with Crippen molar-refractivity contribution < 1.29 is 4.92 Å². The van der Waals surface area contributed by atoms with E-state index < -0.39 is 0 Å². The van der Waals surface area contributed by atoms with Gasteiger partial charge in [0.1, 0.15) is 5.69 Å². The molecule has 90 valence electrons. The van der Waals surface area contributed by atoms with Gasteiger partial charge in [0.25, 0.3) is 5.69 Å². The van der Waals surface area contributed by atoms with Crippen LogP contribution in [0.1, 0.15) is 12.8 Å². The van der Waals surface area contributed by atoms with Gasteiger partial charge in [0, 0.05) is 19.2 Å². The quantitative estimate of drug-likeness (QED) is 0.600. The smallest absolute Gasteiger partial charge is 0.294 e. The van der Waals surface area contributed by atoms with Crippen molar-refractivity contribution in [2.24, 2.45) is 11.8 Å². The second-order valence-electron chi connectivity index (χ2n) is 4.97. The number of hydrogen-bond acceptors (Lipinski definition) is 3. The maximum atomic E-state index is 11.0. The molecule has 0 unspecified atom stereocenters. The Morgan fingerprint density at radius 1 is 1.29 bits per heavy atom. The van der Waals surface area contributed by atoms with Gasteiger partial charge in [-0.05, 0) is 30.7 Å². The highest BCUT2D eigenvalue weighted by Crippen LogP contribution is 2.45. The van der Waals surface area contributed by atoms with Gasteiger partial charge in [-0.25, -0.2) is 0 Å². The number of anilines is 1. The average Bonchev–Trinajstić information content (AvgIpc) is 2.27. The molecule has 5 heteroatoms. The van der Waals surface area contributed by atoms with Gasteiger partial charge in [0.2, 0.25) is 0 Å². The number of nitro benzene ring substituents is 1. The number of benzene rings is 1. The van der Waals surface area contributed by atoms with E-state index in [-0.39, 0.29) is 10.6 Å². The van der Waals surface area contributed by atoms with Crippen LogP contribution in [0.3, 0.4) is 0 Å². The minimum atomic E-state index is -0.346. The van der Waals surface area contributed by atoms with E-state index >= 15 is 0 Å². The van der Waals surface area contributed by atoms with Gasteiger partial charge in [-0.15, -0.1) is 0 Å². The molecule has 2 heterocycles. The van der Waals surface area contributed by atoms with Crippen molar-refractivity contribution in [1.29, 1.82) is 0 Å². The molecule has 2 aliphatic heterocycles. The summed E-state index contributed by atoms with van der Waals surface area (Å²) in [7, 11) is 0. The molecule has 0 amide bonds. The normalized spacial score (nSPS) is 26.5. The van der Waals surface area contributed by atoms with Crippen LogP contribution in [0.2, 0.25) is 5.02 Å². The number of hydrogen-bond donors (Lipinski definition) is 0. The summed E-state index contributed by atoms with van der Waals surface area (Å²) in [4.78, 5) is 12.8. The molecule has 1 saturated carbocycles. The Balaban J connectivity index is 1.98. The molecule has 4 rings (SSSR count). The highest BCUT2D eigenvalue weighted by Gasteiger charge is 2.39. The predicted molar refractivity (Wildman–Crippen MR) is 66.5 cm³/mol. The lowest BCUT2D eigenvalue weighted by molar-refractivity contribution is -0.384. The Morgan fingerprint density at radius 2 is 1.94 bits per heavy atom. The lowest BCUT2D eigenvalue weighted by atomic mass is 9.71. The van der Waals surface area contributed by atoms with E-state index in [1.54, 1.807) is 12.1 Å². The van der Waals surface area contributed by atoms with E-state index in [1.165, 1.54) is 18.9 Å². The summed E-state index contributed by atoms with van der Waals surface area (Å²) >= 11 is 6.12. The van der Waals surface area contributed by atoms with Gasteiger partial charge in [-0.2, -0.15) is 0 Å². The molecular weight excluding hydrogens is 240 g/mol. The Morgan fingerprint density at radius 3 is 2.53 bits per heavy atom. The van der Waals surface area contributed by atoms with Crippen molar-refractivity contribution >= 4 is 23.0 Å². The van der Waals surface area contributed by atoms with Crippen LogP contribution >= 0.6 is 11.6 Å². The van der Waals surface area contributed by atoms with Gasteiger partial charge < -0.3 is 4.90 Å². The first-order valence-corrected chi connectivity index (χ1v) is 6.21. The van der Waals surface area contributed by atoms with Crippen LogP contribution in [-0.4, -0.2) is 18.0 Å². The SMILES string of the molecule is O=[N+]([O-])c1cccc(Cl)c1N1CC2CC(C2)C1. The van der Waals surface area contributed by atoms with Crippen LogP contribution in [-0.2, 0) is 0 Å². The van der Waals surface area contributed by atoms with E-state index in [2.05, 4.69) is 4.90 Å². The van der Waals surface area contributed by atoms with Crippen LogP contribution in [0.25, 0.3) is 0 Å². The molecule has 1 aromatic carbocycles. The van der Waals surface area contributed by atoms with E-state index in [9.17, 15) is 10.1 Å². The molecule has 0 spiro atoms. The third kappa shape index (κ3) is 1.76. The topological polar surface area (TPSA) is 46.4 Å². The van der Waals surface area contributed by atoms with Crippen LogP contribution in [0.4, 0.5) is 11.4 Å². The largest absolute Gasteiger partial charge is 0.364 e. The number of halogens is 1. The summed E-state index contributed by atoms with van der Waals surface area (Å²) in [6, 6.07) is 4.89. The minimum absolute atomic E-state index is 0.124. The number of para-hydroxylation sites is 1. The Hall–Kier alpha value is -1.29. The molecule has 3 fully saturated rings. The second kappa shape index (κ2) is 3.88. The summed E-state index contributed by atoms with van der Waals surface area (Å²) in [6.45, 7) is 1.81. The number of rotatable bonds is 2. The Labute approximate surface area is 104 Å². The summed E-state index contributed by atoms with van der Waals surface area (Å²) in [5.41, 5.74) is 0.729. The van der Waals surface area contributed by atoms with Crippen molar-refractivity contribution in [3.05, 3.63) is 33.3 Å². The molecule has 0 radical (unpaired) electrons. The second-order valence-corrected chi connectivity index (χ2v) is 5.38. The number of piperidine rings is 2. The first-order chi connectivity index (χ1) is 8.15. The van der Waals surface area contributed by atoms with Crippen LogP contribution in [0, 0.1) is 22.0 Å². The van der Waals surface area contributed by atoms with Gasteiger partial charge in [-0.3, -0.25) is 10.1 Å². The van der Waals surface area contributed by atoms with Gasteiger partial charge in [-0.1, -0.05) is 17.7 Å². The fourth-order valence-corrected chi connectivity index (χ4v) is 3.31. The zero-order chi connectivity index (χ0) is 12.0. The van der Waals surface area contributed by atoms with Gasteiger partial charge >= 0.3 is 0 Å². The van der Waals surface area contributed by atoms with Crippen LogP contribution < -0.4 is 4.90 Å². The molecule has 1 aromatic rings. The molecular formula is C12H13ClN2O2. The van der Waals surface area contributed by atoms with E-state index in [0.29, 0.717) is 22.5 Å². The lowest BCUT2D eigenvalue weighted by Crippen LogP contribution is -2.48. The Kier molecular flexibility index (Phi) is 2.47. The van der Waals surface area contributed by atoms with Crippen molar-refractivity contribution in [3.63, 3.8) is 0 Å². The summed E-state index contributed by atoms with van der Waals surface area (Å²) in [6.07, 6.45) is 2.55. The maximum Gasteiger partial charge on any atom is 0.294 e. The predicted octanol–water partition coefficient (Wildman–Crippen LogP) is 3.09. The molecule has 0 atom stereocenters.